The third kappa shape index (κ3) is 1.73. The maximum atomic E-state index is 9.00. The third-order valence-electron chi connectivity index (χ3n) is 1.42. The van der Waals surface area contributed by atoms with Crippen molar-refractivity contribution in [3.8, 4) is 0 Å². The molecule has 1 aromatic rings. The maximum Gasteiger partial charge on any atom is 0.170 e. The molecule has 0 saturated carbocycles. The van der Waals surface area contributed by atoms with Gasteiger partial charge >= 0.3 is 0 Å². The van der Waals surface area contributed by atoms with Crippen LogP contribution in [-0.4, -0.2) is 16.1 Å². The average Bonchev–Trinajstić information content (AvgIpc) is 2.15. The molecule has 4 heteroatoms. The Kier molecular flexibility index (Phi) is 1.87. The number of nitrogens with two attached hydrogens (primary N) is 1. The molecule has 0 atom stereocenters. The first-order chi connectivity index (χ1) is 6.45. The van der Waals surface area contributed by atoms with Crippen molar-refractivity contribution in [3.05, 3.63) is 35.4 Å². The van der Waals surface area contributed by atoms with Gasteiger partial charge in [-0.25, -0.2) is 0 Å². The monoisotopic (exact) mass is 168 g/mol. The standard InChI is InChI=1S/C8H10N2O2/c9-8(10-12)7-3-1-6(5-11)2-4-7/h1-4,11-12H,5H2,(H2,9,10)/i5D2. The van der Waals surface area contributed by atoms with Crippen molar-refractivity contribution in [3.63, 3.8) is 0 Å². The molecular weight excluding hydrogens is 156 g/mol. The van der Waals surface area contributed by atoms with Gasteiger partial charge in [-0.05, 0) is 5.56 Å². The molecule has 0 radical (unpaired) electrons. The predicted octanol–water partition coefficient (Wildman–Crippen LogP) is 0.273. The molecule has 64 valence electrons. The van der Waals surface area contributed by atoms with E-state index in [4.69, 9.17) is 18.8 Å². The fourth-order valence-electron chi connectivity index (χ4n) is 0.773. The highest BCUT2D eigenvalue weighted by atomic mass is 16.4. The molecule has 0 amide bonds. The Balaban J connectivity index is 3.01. The number of amidine groups is 1. The highest BCUT2D eigenvalue weighted by Gasteiger charge is 1.97. The Morgan fingerprint density at radius 2 is 2.08 bits per heavy atom. The number of hydrogen-bond donors (Lipinski definition) is 3. The summed E-state index contributed by atoms with van der Waals surface area (Å²) in [5, 5.41) is 20.1. The lowest BCUT2D eigenvalue weighted by Gasteiger charge is -1.99. The van der Waals surface area contributed by atoms with E-state index in [-0.39, 0.29) is 11.4 Å². The van der Waals surface area contributed by atoms with Gasteiger partial charge in [-0.3, -0.25) is 0 Å². The molecule has 0 heterocycles. The molecule has 12 heavy (non-hydrogen) atoms. The summed E-state index contributed by atoms with van der Waals surface area (Å²) >= 11 is 0. The quantitative estimate of drug-likeness (QED) is 0.257. The van der Waals surface area contributed by atoms with Crippen LogP contribution in [-0.2, 0) is 6.56 Å². The first-order valence-electron chi connectivity index (χ1n) is 4.26. The lowest BCUT2D eigenvalue weighted by molar-refractivity contribution is 0.282. The zero-order valence-corrected chi connectivity index (χ0v) is 6.23. The summed E-state index contributed by atoms with van der Waals surface area (Å²) < 4.78 is 14.0. The number of aliphatic hydroxyl groups is 1. The van der Waals surface area contributed by atoms with Crippen LogP contribution in [0.25, 0.3) is 0 Å². The van der Waals surface area contributed by atoms with Crippen LogP contribution in [0.5, 0.6) is 0 Å². The molecule has 4 N–H and O–H groups in total. The normalized spacial score (nSPS) is 15.2. The molecule has 0 aliphatic rings. The van der Waals surface area contributed by atoms with Gasteiger partial charge in [-0.15, -0.1) is 0 Å². The smallest absolute Gasteiger partial charge is 0.170 e. The van der Waals surface area contributed by atoms with E-state index in [0.29, 0.717) is 5.56 Å². The van der Waals surface area contributed by atoms with Gasteiger partial charge < -0.3 is 16.0 Å². The molecule has 1 rings (SSSR count). The van der Waals surface area contributed by atoms with Gasteiger partial charge in [0, 0.05) is 5.56 Å². The topological polar surface area (TPSA) is 78.8 Å². The zero-order chi connectivity index (χ0) is 10.8. The van der Waals surface area contributed by atoms with Crippen molar-refractivity contribution >= 4 is 5.84 Å². The van der Waals surface area contributed by atoms with Crippen LogP contribution in [0.1, 0.15) is 13.9 Å². The second-order valence-corrected chi connectivity index (χ2v) is 2.17. The van der Waals surface area contributed by atoms with E-state index in [1.165, 1.54) is 24.3 Å². The minimum atomic E-state index is -2.37. The third-order valence-corrected chi connectivity index (χ3v) is 1.42. The van der Waals surface area contributed by atoms with Crippen molar-refractivity contribution < 1.29 is 13.1 Å². The molecule has 0 unspecified atom stereocenters. The lowest BCUT2D eigenvalue weighted by atomic mass is 10.1. The Hall–Kier alpha value is -1.55. The van der Waals surface area contributed by atoms with E-state index in [9.17, 15) is 0 Å². The minimum absolute atomic E-state index is 0.0601. The SMILES string of the molecule is [2H]C([2H])(O)c1ccc(/C(N)=N/O)cc1. The number of nitrogens with zero attached hydrogens (tertiary/aromatic N) is 1. The molecule has 4 nitrogen and oxygen atoms in total. The van der Waals surface area contributed by atoms with Gasteiger partial charge in [0.05, 0.1) is 9.30 Å². The first-order valence-corrected chi connectivity index (χ1v) is 3.26. The summed E-state index contributed by atoms with van der Waals surface area (Å²) in [5.41, 5.74) is 5.87. The van der Waals surface area contributed by atoms with Crippen molar-refractivity contribution in [1.29, 1.82) is 0 Å². The molecule has 0 aliphatic heterocycles. The van der Waals surface area contributed by atoms with E-state index >= 15 is 0 Å². The summed E-state index contributed by atoms with van der Waals surface area (Å²) in [4.78, 5) is 0. The largest absolute Gasteiger partial charge is 0.409 e. The Bertz CT molecular complexity index is 343. The van der Waals surface area contributed by atoms with E-state index in [0.717, 1.165) is 0 Å². The second-order valence-electron chi connectivity index (χ2n) is 2.17. The molecule has 0 aromatic heterocycles. The second kappa shape index (κ2) is 3.73. The number of rotatable bonds is 2. The maximum absolute atomic E-state index is 9.00. The van der Waals surface area contributed by atoms with Crippen LogP contribution < -0.4 is 5.73 Å². The van der Waals surface area contributed by atoms with Crippen LogP contribution in [0.2, 0.25) is 0 Å². The van der Waals surface area contributed by atoms with Crippen molar-refractivity contribution in [2.24, 2.45) is 10.9 Å². The molecule has 0 fully saturated rings. The van der Waals surface area contributed by atoms with Crippen LogP contribution in [0.4, 0.5) is 0 Å². The van der Waals surface area contributed by atoms with Gasteiger partial charge in [-0.1, -0.05) is 29.4 Å². The summed E-state index contributed by atoms with van der Waals surface area (Å²) in [7, 11) is 0. The molecule has 0 aliphatic carbocycles. The van der Waals surface area contributed by atoms with Gasteiger partial charge in [0.15, 0.2) is 5.84 Å². The zero-order valence-electron chi connectivity index (χ0n) is 8.23. The Labute approximate surface area is 72.7 Å². The molecular formula is C8H10N2O2. The Morgan fingerprint density at radius 3 is 2.50 bits per heavy atom. The summed E-state index contributed by atoms with van der Waals surface area (Å²) in [5.74, 6) is -0.0601. The van der Waals surface area contributed by atoms with Crippen LogP contribution in [0.3, 0.4) is 0 Å². The molecule has 0 saturated heterocycles. The van der Waals surface area contributed by atoms with Crippen LogP contribution >= 0.6 is 0 Å². The van der Waals surface area contributed by atoms with E-state index in [2.05, 4.69) is 5.16 Å². The van der Waals surface area contributed by atoms with Gasteiger partial charge in [-0.2, -0.15) is 0 Å². The van der Waals surface area contributed by atoms with Gasteiger partial charge in [0.2, 0.25) is 0 Å². The van der Waals surface area contributed by atoms with Gasteiger partial charge in [0.25, 0.3) is 0 Å². The van der Waals surface area contributed by atoms with Crippen LogP contribution in [0.15, 0.2) is 29.4 Å². The highest BCUT2D eigenvalue weighted by Crippen LogP contribution is 2.03. The summed E-state index contributed by atoms with van der Waals surface area (Å²) in [6.45, 7) is -2.37. The Morgan fingerprint density at radius 1 is 1.50 bits per heavy atom. The molecule has 0 spiro atoms. The predicted molar refractivity (Wildman–Crippen MR) is 44.9 cm³/mol. The highest BCUT2D eigenvalue weighted by molar-refractivity contribution is 5.96. The lowest BCUT2D eigenvalue weighted by Crippen LogP contribution is -2.12. The van der Waals surface area contributed by atoms with E-state index < -0.39 is 6.56 Å². The summed E-state index contributed by atoms with van der Waals surface area (Å²) in [6, 6.07) is 5.65. The van der Waals surface area contributed by atoms with E-state index in [1.807, 2.05) is 0 Å². The fraction of sp³-hybridized carbons (Fsp3) is 0.125. The number of hydrogen-bond acceptors (Lipinski definition) is 3. The van der Waals surface area contributed by atoms with E-state index in [1.54, 1.807) is 0 Å². The van der Waals surface area contributed by atoms with Crippen molar-refractivity contribution in [2.75, 3.05) is 0 Å². The van der Waals surface area contributed by atoms with Crippen LogP contribution in [0, 0.1) is 0 Å². The van der Waals surface area contributed by atoms with Crippen molar-refractivity contribution in [1.82, 2.24) is 0 Å². The minimum Gasteiger partial charge on any atom is -0.409 e. The number of benzene rings is 1. The van der Waals surface area contributed by atoms with Crippen molar-refractivity contribution in [2.45, 2.75) is 6.56 Å². The fourth-order valence-corrected chi connectivity index (χ4v) is 0.773. The molecule has 1 aromatic carbocycles. The summed E-state index contributed by atoms with van der Waals surface area (Å²) in [6.07, 6.45) is 0. The average molecular weight is 168 g/mol. The van der Waals surface area contributed by atoms with Gasteiger partial charge in [0.1, 0.15) is 0 Å². The first kappa shape index (κ1) is 6.02. The molecule has 0 bridgehead atoms. The number of oxime groups is 1.